The van der Waals surface area contributed by atoms with E-state index in [1.807, 2.05) is 63.6 Å². The molecule has 20 heteroatoms. The van der Waals surface area contributed by atoms with Crippen molar-refractivity contribution in [1.29, 1.82) is 0 Å². The first-order valence-corrected chi connectivity index (χ1v) is 25.1. The van der Waals surface area contributed by atoms with Gasteiger partial charge in [-0.05, 0) is 70.0 Å². The lowest BCUT2D eigenvalue weighted by Gasteiger charge is -2.36. The molecule has 2 unspecified atom stereocenters. The van der Waals surface area contributed by atoms with E-state index in [1.165, 1.54) is 0 Å². The molecule has 6 aromatic rings. The average Bonchev–Trinajstić information content (AvgIpc) is 3.38. The van der Waals surface area contributed by atoms with Gasteiger partial charge in [0.25, 0.3) is 11.1 Å². The van der Waals surface area contributed by atoms with Crippen molar-refractivity contribution < 1.29 is 38.0 Å². The van der Waals surface area contributed by atoms with Crippen molar-refractivity contribution in [2.45, 2.75) is 78.6 Å². The predicted molar refractivity (Wildman–Crippen MR) is 273 cm³/mol. The molecule has 10 rings (SSSR count). The van der Waals surface area contributed by atoms with Crippen molar-refractivity contribution in [1.82, 2.24) is 49.1 Å². The zero-order valence-electron chi connectivity index (χ0n) is 42.4. The third-order valence-corrected chi connectivity index (χ3v) is 12.8. The van der Waals surface area contributed by atoms with Crippen molar-refractivity contribution in [2.75, 3.05) is 92.0 Å². The molecule has 10 heterocycles. The normalized spacial score (nSPS) is 18.0. The lowest BCUT2D eigenvalue weighted by molar-refractivity contribution is -0.0495. The third-order valence-electron chi connectivity index (χ3n) is 12.8. The largest absolute Gasteiger partial charge is 0.486 e. The molecule has 0 radical (unpaired) electrons. The maximum absolute atomic E-state index is 13.2. The Labute approximate surface area is 424 Å². The van der Waals surface area contributed by atoms with E-state index in [4.69, 9.17) is 33.2 Å². The Bertz CT molecular complexity index is 3000. The van der Waals surface area contributed by atoms with Crippen molar-refractivity contribution in [2.24, 2.45) is 0 Å². The van der Waals surface area contributed by atoms with E-state index in [2.05, 4.69) is 35.1 Å². The smallest absolute Gasteiger partial charge is 0.410 e. The van der Waals surface area contributed by atoms with Gasteiger partial charge < -0.3 is 47.6 Å². The molecule has 2 saturated heterocycles. The first-order chi connectivity index (χ1) is 35.3. The standard InChI is InChI=1S/C29H37N5O6.C24H29N5O4/c1-20-13-24-23(31-15-20)5-6-27(35)34(24)8-7-32-9-10-37-22(18-32)19-33(28(36)40-29(2,3)4)17-21-14-25-26(16-30-21)39-12-11-38-25;1-17-10-21-20(27-12-17)2-3-24(30)29(21)5-4-28-6-7-31-19(16-28)14-25-13-18-11-22-23(15-26-18)33-9-8-32-22/h5-6,13-16,22H,7-12,17-19H2,1-4H3;2-3,10-12,15,19,25H,4-9,13-14,16H2,1H3. The van der Waals surface area contributed by atoms with Gasteiger partial charge in [0.05, 0.1) is 84.4 Å². The summed E-state index contributed by atoms with van der Waals surface area (Å²) in [4.78, 5) is 62.5. The van der Waals surface area contributed by atoms with Crippen LogP contribution in [0.4, 0.5) is 4.79 Å². The predicted octanol–water partition coefficient (Wildman–Crippen LogP) is 4.37. The van der Waals surface area contributed by atoms with Gasteiger partial charge in [-0.15, -0.1) is 0 Å². The van der Waals surface area contributed by atoms with Crippen LogP contribution in [0.25, 0.3) is 22.1 Å². The van der Waals surface area contributed by atoms with Crippen molar-refractivity contribution in [3.63, 3.8) is 0 Å². The molecular weight excluding hydrogens is 937 g/mol. The molecule has 0 spiro atoms. The van der Waals surface area contributed by atoms with Crippen LogP contribution in [0.3, 0.4) is 0 Å². The lowest BCUT2D eigenvalue weighted by atomic mass is 10.2. The minimum absolute atomic E-state index is 0.00769. The number of morpholine rings is 2. The lowest BCUT2D eigenvalue weighted by Crippen LogP contribution is -2.50. The minimum Gasteiger partial charge on any atom is -0.486 e. The summed E-state index contributed by atoms with van der Waals surface area (Å²) in [6, 6.07) is 14.5. The third kappa shape index (κ3) is 13.7. The molecule has 6 aromatic heterocycles. The monoisotopic (exact) mass is 1000 g/mol. The Morgan fingerprint density at radius 1 is 0.644 bits per heavy atom. The van der Waals surface area contributed by atoms with E-state index in [9.17, 15) is 14.4 Å². The second kappa shape index (κ2) is 23.4. The number of carbonyl (C=O) groups is 1. The number of pyridine rings is 6. The van der Waals surface area contributed by atoms with E-state index < -0.39 is 11.7 Å². The zero-order valence-corrected chi connectivity index (χ0v) is 42.4. The Balaban J connectivity index is 0.000000183. The Morgan fingerprint density at radius 3 is 1.71 bits per heavy atom. The number of nitrogens with zero attached hydrogens (tertiary/aromatic N) is 9. The van der Waals surface area contributed by atoms with Gasteiger partial charge >= 0.3 is 6.09 Å². The molecule has 20 nitrogen and oxygen atoms in total. The topological polar surface area (TPSA) is 199 Å². The number of nitrogens with one attached hydrogen (secondary N) is 1. The molecule has 388 valence electrons. The molecule has 2 fully saturated rings. The van der Waals surface area contributed by atoms with Crippen LogP contribution in [0, 0.1) is 13.8 Å². The molecule has 73 heavy (non-hydrogen) atoms. The summed E-state index contributed by atoms with van der Waals surface area (Å²) in [6.07, 6.45) is 6.40. The molecule has 1 amide bonds. The van der Waals surface area contributed by atoms with Gasteiger partial charge in [-0.25, -0.2) is 4.79 Å². The summed E-state index contributed by atoms with van der Waals surface area (Å²) in [5, 5.41) is 3.44. The summed E-state index contributed by atoms with van der Waals surface area (Å²) < 4.78 is 43.8. The summed E-state index contributed by atoms with van der Waals surface area (Å²) >= 11 is 0. The van der Waals surface area contributed by atoms with Gasteiger partial charge in [-0.3, -0.25) is 44.2 Å². The summed E-state index contributed by atoms with van der Waals surface area (Å²) in [5.74, 6) is 2.67. The van der Waals surface area contributed by atoms with Crippen LogP contribution in [0.5, 0.6) is 23.0 Å². The highest BCUT2D eigenvalue weighted by Crippen LogP contribution is 2.31. The molecule has 0 saturated carbocycles. The van der Waals surface area contributed by atoms with Crippen LogP contribution in [0.15, 0.2) is 82.9 Å². The van der Waals surface area contributed by atoms with Gasteiger partial charge in [0.1, 0.15) is 32.0 Å². The Hall–Kier alpha value is -6.71. The quantitative estimate of drug-likeness (QED) is 0.161. The van der Waals surface area contributed by atoms with Gasteiger partial charge in [0.2, 0.25) is 0 Å². The Morgan fingerprint density at radius 2 is 1.15 bits per heavy atom. The highest BCUT2D eigenvalue weighted by Gasteiger charge is 2.29. The first kappa shape index (κ1) is 51.2. The molecule has 0 aromatic carbocycles. The van der Waals surface area contributed by atoms with E-state index >= 15 is 0 Å². The van der Waals surface area contributed by atoms with Crippen LogP contribution in [0.1, 0.15) is 43.3 Å². The molecule has 0 aliphatic carbocycles. The second-order valence-corrected chi connectivity index (χ2v) is 19.7. The van der Waals surface area contributed by atoms with Crippen LogP contribution in [0.2, 0.25) is 0 Å². The number of ether oxygens (including phenoxy) is 7. The van der Waals surface area contributed by atoms with Gasteiger partial charge in [0.15, 0.2) is 23.0 Å². The molecule has 0 bridgehead atoms. The molecule has 2 atom stereocenters. The highest BCUT2D eigenvalue weighted by atomic mass is 16.6. The fraction of sp³-hybridized carbons (Fsp3) is 0.491. The SMILES string of the molecule is Cc1cnc2ccc(=O)n(CCN3CCOC(CN(Cc4cc5c(cn4)OCCO5)C(=O)OC(C)(C)C)C3)c2c1.Cc1cnc2ccc(=O)n(CCN3CCOC(CNCc4cc5c(cn4)OCCO5)C3)c2c1. The van der Waals surface area contributed by atoms with Crippen LogP contribution in [-0.4, -0.2) is 160 Å². The molecular formula is C53H66N10O10. The van der Waals surface area contributed by atoms with Crippen LogP contribution >= 0.6 is 0 Å². The number of amides is 1. The number of fused-ring (bicyclic) bond motifs is 4. The zero-order chi connectivity index (χ0) is 50.9. The maximum Gasteiger partial charge on any atom is 0.410 e. The Kier molecular flexibility index (Phi) is 16.4. The summed E-state index contributed by atoms with van der Waals surface area (Å²) in [5.41, 5.74) is 6.31. The average molecular weight is 1000 g/mol. The first-order valence-electron chi connectivity index (χ1n) is 25.1. The fourth-order valence-electron chi connectivity index (χ4n) is 9.18. The van der Waals surface area contributed by atoms with Gasteiger partial charge in [-0.2, -0.15) is 0 Å². The van der Waals surface area contributed by atoms with Crippen molar-refractivity contribution in [3.05, 3.63) is 117 Å². The summed E-state index contributed by atoms with van der Waals surface area (Å²) in [6.45, 7) is 20.4. The number of carbonyl (C=O) groups excluding carboxylic acids is 1. The van der Waals surface area contributed by atoms with Crippen LogP contribution in [-0.2, 0) is 40.4 Å². The van der Waals surface area contributed by atoms with Gasteiger partial charge in [0, 0.05) is 102 Å². The summed E-state index contributed by atoms with van der Waals surface area (Å²) in [7, 11) is 0. The number of hydrogen-bond acceptors (Lipinski definition) is 17. The van der Waals surface area contributed by atoms with Crippen molar-refractivity contribution in [3.8, 4) is 23.0 Å². The second-order valence-electron chi connectivity index (χ2n) is 19.7. The number of rotatable bonds is 14. The van der Waals surface area contributed by atoms with Gasteiger partial charge in [-0.1, -0.05) is 0 Å². The number of hydrogen-bond donors (Lipinski definition) is 1. The van der Waals surface area contributed by atoms with E-state index in [0.717, 1.165) is 77.4 Å². The molecule has 1 N–H and O–H groups in total. The van der Waals surface area contributed by atoms with E-state index in [1.54, 1.807) is 58.4 Å². The van der Waals surface area contributed by atoms with Crippen LogP contribution < -0.4 is 35.4 Å². The maximum atomic E-state index is 13.2. The number of aromatic nitrogens is 6. The van der Waals surface area contributed by atoms with Crippen molar-refractivity contribution >= 4 is 28.2 Å². The number of aryl methyl sites for hydroxylation is 2. The fourth-order valence-corrected chi connectivity index (χ4v) is 9.18. The highest BCUT2D eigenvalue weighted by molar-refractivity contribution is 5.75. The van der Waals surface area contributed by atoms with E-state index in [0.29, 0.717) is 102 Å². The molecule has 4 aliphatic rings. The molecule has 4 aliphatic heterocycles. The minimum atomic E-state index is -0.645. The van der Waals surface area contributed by atoms with E-state index in [-0.39, 0.29) is 29.9 Å².